The van der Waals surface area contributed by atoms with E-state index >= 15 is 0 Å². The Morgan fingerprint density at radius 3 is 2.50 bits per heavy atom. The standard InChI is InChI=1S/C18H14N4S2/c1-4-18(12-2-5-23-9-12,13-3-6-24-10-13)7-15-14(1)17(22-21-15)16-8-19-11-20-16/h1-6,8-11H,7H2,(H,19,20)(H,21,22). The van der Waals surface area contributed by atoms with Crippen molar-refractivity contribution >= 4 is 28.7 Å². The Kier molecular flexibility index (Phi) is 3.08. The zero-order valence-corrected chi connectivity index (χ0v) is 14.3. The predicted octanol–water partition coefficient (Wildman–Crippen LogP) is 4.48. The molecule has 0 bridgehead atoms. The van der Waals surface area contributed by atoms with E-state index in [9.17, 15) is 0 Å². The van der Waals surface area contributed by atoms with E-state index in [0.717, 1.165) is 29.1 Å². The first-order valence-electron chi connectivity index (χ1n) is 7.68. The summed E-state index contributed by atoms with van der Waals surface area (Å²) in [5, 5.41) is 16.6. The molecule has 0 fully saturated rings. The Labute approximate surface area is 146 Å². The molecule has 4 nitrogen and oxygen atoms in total. The summed E-state index contributed by atoms with van der Waals surface area (Å²) in [5.74, 6) is 0. The quantitative estimate of drug-likeness (QED) is 0.572. The summed E-state index contributed by atoms with van der Waals surface area (Å²) in [6.45, 7) is 0. The van der Waals surface area contributed by atoms with Gasteiger partial charge in [0.2, 0.25) is 0 Å². The molecular weight excluding hydrogens is 336 g/mol. The number of nitrogens with zero attached hydrogens (tertiary/aromatic N) is 2. The highest BCUT2D eigenvalue weighted by molar-refractivity contribution is 7.08. The molecule has 0 aliphatic heterocycles. The van der Waals surface area contributed by atoms with Crippen LogP contribution in [0, 0.1) is 0 Å². The lowest BCUT2D eigenvalue weighted by atomic mass is 9.70. The number of nitrogens with one attached hydrogen (secondary N) is 2. The highest BCUT2D eigenvalue weighted by Gasteiger charge is 2.37. The molecule has 6 heteroatoms. The van der Waals surface area contributed by atoms with Gasteiger partial charge in [-0.05, 0) is 44.8 Å². The molecule has 0 saturated heterocycles. The van der Waals surface area contributed by atoms with Gasteiger partial charge in [-0.3, -0.25) is 5.10 Å². The van der Waals surface area contributed by atoms with Gasteiger partial charge in [0.05, 0.1) is 6.33 Å². The summed E-state index contributed by atoms with van der Waals surface area (Å²) in [6.07, 6.45) is 8.96. The number of thiophene rings is 2. The van der Waals surface area contributed by atoms with Crippen LogP contribution in [0.4, 0.5) is 0 Å². The zero-order chi connectivity index (χ0) is 16.0. The predicted molar refractivity (Wildman–Crippen MR) is 98.3 cm³/mol. The van der Waals surface area contributed by atoms with Crippen molar-refractivity contribution in [2.45, 2.75) is 11.8 Å². The Hall–Kier alpha value is -2.44. The first-order valence-corrected chi connectivity index (χ1v) is 9.56. The summed E-state index contributed by atoms with van der Waals surface area (Å²) in [7, 11) is 0. The lowest BCUT2D eigenvalue weighted by molar-refractivity contribution is 0.625. The van der Waals surface area contributed by atoms with Gasteiger partial charge in [-0.25, -0.2) is 4.98 Å². The third-order valence-electron chi connectivity index (χ3n) is 4.69. The van der Waals surface area contributed by atoms with Crippen LogP contribution in [0.1, 0.15) is 22.4 Å². The maximum atomic E-state index is 4.51. The van der Waals surface area contributed by atoms with E-state index in [1.54, 1.807) is 29.0 Å². The molecule has 0 atom stereocenters. The molecule has 24 heavy (non-hydrogen) atoms. The van der Waals surface area contributed by atoms with Crippen LogP contribution in [0.3, 0.4) is 0 Å². The van der Waals surface area contributed by atoms with Gasteiger partial charge in [0.1, 0.15) is 11.4 Å². The first-order chi connectivity index (χ1) is 11.9. The molecule has 0 spiro atoms. The van der Waals surface area contributed by atoms with E-state index in [4.69, 9.17) is 0 Å². The van der Waals surface area contributed by atoms with E-state index in [0.29, 0.717) is 0 Å². The van der Waals surface area contributed by atoms with Gasteiger partial charge in [0, 0.05) is 29.3 Å². The second-order valence-electron chi connectivity index (χ2n) is 5.92. The van der Waals surface area contributed by atoms with Crippen molar-refractivity contribution in [3.8, 4) is 11.4 Å². The molecular formula is C18H14N4S2. The second-order valence-corrected chi connectivity index (χ2v) is 7.48. The van der Waals surface area contributed by atoms with Crippen molar-refractivity contribution in [1.82, 2.24) is 20.2 Å². The van der Waals surface area contributed by atoms with Crippen molar-refractivity contribution in [2.75, 3.05) is 0 Å². The van der Waals surface area contributed by atoms with Crippen LogP contribution < -0.4 is 0 Å². The molecule has 0 unspecified atom stereocenters. The van der Waals surface area contributed by atoms with Gasteiger partial charge in [0.15, 0.2) is 0 Å². The van der Waals surface area contributed by atoms with Gasteiger partial charge in [-0.1, -0.05) is 12.2 Å². The minimum absolute atomic E-state index is 0.123. The van der Waals surface area contributed by atoms with E-state index < -0.39 is 0 Å². The number of rotatable bonds is 3. The number of H-pyrrole nitrogens is 2. The second kappa shape index (κ2) is 5.29. The number of hydrogen-bond donors (Lipinski definition) is 2. The molecule has 4 heterocycles. The monoisotopic (exact) mass is 350 g/mol. The van der Waals surface area contributed by atoms with E-state index in [1.807, 2.05) is 6.20 Å². The lowest BCUT2D eigenvalue weighted by Crippen LogP contribution is -2.29. The van der Waals surface area contributed by atoms with Gasteiger partial charge in [0.25, 0.3) is 0 Å². The van der Waals surface area contributed by atoms with Crippen LogP contribution in [0.15, 0.2) is 52.3 Å². The van der Waals surface area contributed by atoms with E-state index in [-0.39, 0.29) is 5.41 Å². The minimum atomic E-state index is -0.123. The highest BCUT2D eigenvalue weighted by Crippen LogP contribution is 2.44. The molecule has 0 radical (unpaired) electrons. The molecule has 4 aromatic heterocycles. The number of aromatic amines is 2. The van der Waals surface area contributed by atoms with Crippen LogP contribution in [0.2, 0.25) is 0 Å². The minimum Gasteiger partial charge on any atom is -0.351 e. The molecule has 0 amide bonds. The Bertz CT molecular complexity index is 942. The van der Waals surface area contributed by atoms with Gasteiger partial charge < -0.3 is 4.98 Å². The number of aromatic nitrogens is 4. The summed E-state index contributed by atoms with van der Waals surface area (Å²) in [6, 6.07) is 4.45. The average Bonchev–Trinajstić information content (AvgIpc) is 3.43. The number of allylic oxidation sites excluding steroid dienone is 1. The Morgan fingerprint density at radius 2 is 1.88 bits per heavy atom. The molecule has 0 saturated carbocycles. The maximum absolute atomic E-state index is 4.51. The fourth-order valence-electron chi connectivity index (χ4n) is 3.45. The van der Waals surface area contributed by atoms with Crippen molar-refractivity contribution < 1.29 is 0 Å². The van der Waals surface area contributed by atoms with Crippen molar-refractivity contribution in [1.29, 1.82) is 0 Å². The topological polar surface area (TPSA) is 57.4 Å². The fraction of sp³-hybridized carbons (Fsp3) is 0.111. The third kappa shape index (κ3) is 1.96. The summed E-state index contributed by atoms with van der Waals surface area (Å²) >= 11 is 3.49. The normalized spacial score (nSPS) is 15.5. The highest BCUT2D eigenvalue weighted by atomic mass is 32.1. The number of hydrogen-bond acceptors (Lipinski definition) is 4. The van der Waals surface area contributed by atoms with Gasteiger partial charge in [-0.2, -0.15) is 27.8 Å². The number of imidazole rings is 1. The molecule has 5 rings (SSSR count). The van der Waals surface area contributed by atoms with Crippen LogP contribution in [-0.2, 0) is 11.8 Å². The number of fused-ring (bicyclic) bond motifs is 1. The average molecular weight is 350 g/mol. The smallest absolute Gasteiger partial charge is 0.119 e. The lowest BCUT2D eigenvalue weighted by Gasteiger charge is -2.32. The third-order valence-corrected chi connectivity index (χ3v) is 6.05. The molecule has 118 valence electrons. The fourth-order valence-corrected chi connectivity index (χ4v) is 4.93. The van der Waals surface area contributed by atoms with E-state index in [2.05, 4.69) is 66.0 Å². The Morgan fingerprint density at radius 1 is 1.08 bits per heavy atom. The summed E-state index contributed by atoms with van der Waals surface area (Å²) < 4.78 is 0. The maximum Gasteiger partial charge on any atom is 0.119 e. The largest absolute Gasteiger partial charge is 0.351 e. The van der Waals surface area contributed by atoms with Crippen molar-refractivity contribution in [2.24, 2.45) is 0 Å². The van der Waals surface area contributed by atoms with Crippen LogP contribution in [0.25, 0.3) is 17.5 Å². The van der Waals surface area contributed by atoms with Gasteiger partial charge >= 0.3 is 0 Å². The van der Waals surface area contributed by atoms with E-state index in [1.165, 1.54) is 11.1 Å². The molecule has 4 aromatic rings. The molecule has 1 aliphatic rings. The zero-order valence-electron chi connectivity index (χ0n) is 12.7. The van der Waals surface area contributed by atoms with Crippen LogP contribution >= 0.6 is 22.7 Å². The molecule has 2 N–H and O–H groups in total. The SMILES string of the molecule is C1=CC(c2ccsc2)(c2ccsc2)Cc2[nH]nc(-c3c[nH]cn3)c21. The van der Waals surface area contributed by atoms with Crippen LogP contribution in [-0.4, -0.2) is 20.2 Å². The van der Waals surface area contributed by atoms with Gasteiger partial charge in [-0.15, -0.1) is 0 Å². The molecule has 0 aromatic carbocycles. The molecule has 1 aliphatic carbocycles. The summed E-state index contributed by atoms with van der Waals surface area (Å²) in [4.78, 5) is 7.33. The van der Waals surface area contributed by atoms with Crippen molar-refractivity contribution in [3.05, 3.63) is 74.6 Å². The Balaban J connectivity index is 1.66. The summed E-state index contributed by atoms with van der Waals surface area (Å²) in [5.41, 5.74) is 6.63. The first kappa shape index (κ1) is 13.9. The van der Waals surface area contributed by atoms with Crippen LogP contribution in [0.5, 0.6) is 0 Å². The van der Waals surface area contributed by atoms with Crippen molar-refractivity contribution in [3.63, 3.8) is 0 Å².